The number of alkyl halides is 6. The summed E-state index contributed by atoms with van der Waals surface area (Å²) in [6, 6.07) is 2.45. The van der Waals surface area contributed by atoms with Crippen LogP contribution in [0.2, 0.25) is 0 Å². The summed E-state index contributed by atoms with van der Waals surface area (Å²) < 4.78 is 89.8. The van der Waals surface area contributed by atoms with E-state index in [1.54, 1.807) is 0 Å². The number of hydrogen-bond acceptors (Lipinski definition) is 3. The SMILES string of the molecule is Cc1cc(F)c(N2CCN(C(=O)C(C)C(F)(F)F)CC2)cc1SCC(F)(F)F. The van der Waals surface area contributed by atoms with Gasteiger partial charge in [0.05, 0.1) is 11.4 Å². The molecule has 1 aliphatic heterocycles. The minimum Gasteiger partial charge on any atom is -0.366 e. The lowest BCUT2D eigenvalue weighted by Gasteiger charge is -2.37. The largest absolute Gasteiger partial charge is 0.400 e. The average Bonchev–Trinajstić information content (AvgIpc) is 2.58. The molecule has 1 heterocycles. The molecule has 0 N–H and O–H groups in total. The van der Waals surface area contributed by atoms with Crippen molar-refractivity contribution >= 4 is 23.4 Å². The Morgan fingerprint density at radius 1 is 1.11 bits per heavy atom. The van der Waals surface area contributed by atoms with E-state index in [0.29, 0.717) is 17.3 Å². The van der Waals surface area contributed by atoms with E-state index < -0.39 is 35.7 Å². The number of thioether (sulfide) groups is 1. The molecule has 0 radical (unpaired) electrons. The lowest BCUT2D eigenvalue weighted by molar-refractivity contribution is -0.185. The van der Waals surface area contributed by atoms with Gasteiger partial charge in [0.1, 0.15) is 11.7 Å². The van der Waals surface area contributed by atoms with Gasteiger partial charge < -0.3 is 9.80 Å². The Balaban J connectivity index is 2.08. The van der Waals surface area contributed by atoms with Crippen LogP contribution in [0.25, 0.3) is 0 Å². The first-order valence-electron chi connectivity index (χ1n) is 8.39. The fourth-order valence-electron chi connectivity index (χ4n) is 2.78. The van der Waals surface area contributed by atoms with E-state index in [0.717, 1.165) is 17.9 Å². The fourth-order valence-corrected chi connectivity index (χ4v) is 3.58. The van der Waals surface area contributed by atoms with Crippen molar-refractivity contribution in [1.82, 2.24) is 4.90 Å². The number of amides is 1. The van der Waals surface area contributed by atoms with Crippen LogP contribution in [0.1, 0.15) is 12.5 Å². The summed E-state index contributed by atoms with van der Waals surface area (Å²) in [5.74, 6) is -4.91. The first-order chi connectivity index (χ1) is 12.8. The predicted molar refractivity (Wildman–Crippen MR) is 91.9 cm³/mol. The molecule has 1 fully saturated rings. The molecule has 11 heteroatoms. The highest BCUT2D eigenvalue weighted by atomic mass is 32.2. The van der Waals surface area contributed by atoms with Crippen LogP contribution in [0.4, 0.5) is 36.4 Å². The summed E-state index contributed by atoms with van der Waals surface area (Å²) in [6.45, 7) is 2.40. The number of carbonyl (C=O) groups is 1. The summed E-state index contributed by atoms with van der Waals surface area (Å²) in [5.41, 5.74) is 0.439. The maximum Gasteiger partial charge on any atom is 0.400 e. The third-order valence-corrected chi connectivity index (χ3v) is 5.65. The number of anilines is 1. The van der Waals surface area contributed by atoms with Crippen molar-refractivity contribution in [3.8, 4) is 0 Å². The third-order valence-electron chi connectivity index (χ3n) is 4.43. The van der Waals surface area contributed by atoms with Crippen LogP contribution in [0, 0.1) is 18.7 Å². The van der Waals surface area contributed by atoms with Crippen LogP contribution in [-0.4, -0.2) is 55.1 Å². The van der Waals surface area contributed by atoms with Crippen molar-refractivity contribution < 1.29 is 35.5 Å². The number of rotatable bonds is 4. The number of halogens is 7. The molecule has 0 spiro atoms. The van der Waals surface area contributed by atoms with Gasteiger partial charge in [-0.25, -0.2) is 4.39 Å². The van der Waals surface area contributed by atoms with Crippen LogP contribution in [0.15, 0.2) is 17.0 Å². The second-order valence-corrected chi connectivity index (χ2v) is 7.57. The molecule has 3 nitrogen and oxygen atoms in total. The highest BCUT2D eigenvalue weighted by Gasteiger charge is 2.43. The standard InChI is InChI=1S/C17H19F7N2OS/c1-10-7-12(18)13(8-14(10)28-9-16(19,20)21)25-3-5-26(6-4-25)15(27)11(2)17(22,23)24/h7-8,11H,3-6,9H2,1-2H3. The maximum atomic E-state index is 14.3. The Hall–Kier alpha value is -1.65. The second kappa shape index (κ2) is 8.38. The summed E-state index contributed by atoms with van der Waals surface area (Å²) in [6.07, 6.45) is -9.01. The van der Waals surface area contributed by atoms with Crippen LogP contribution in [0.5, 0.6) is 0 Å². The molecule has 0 aromatic heterocycles. The molecule has 2 rings (SSSR count). The summed E-state index contributed by atoms with van der Waals surface area (Å²) in [5, 5.41) is 0. The van der Waals surface area contributed by atoms with Crippen LogP contribution < -0.4 is 4.90 Å². The van der Waals surface area contributed by atoms with E-state index in [4.69, 9.17) is 0 Å². The van der Waals surface area contributed by atoms with Crippen molar-refractivity contribution in [2.45, 2.75) is 31.1 Å². The number of piperazine rings is 1. The minimum absolute atomic E-state index is 0.0302. The zero-order valence-corrected chi connectivity index (χ0v) is 15.9. The number of hydrogen-bond donors (Lipinski definition) is 0. The zero-order chi connectivity index (χ0) is 21.3. The van der Waals surface area contributed by atoms with Crippen LogP contribution >= 0.6 is 11.8 Å². The van der Waals surface area contributed by atoms with E-state index >= 15 is 0 Å². The van der Waals surface area contributed by atoms with E-state index in [9.17, 15) is 35.5 Å². The molecule has 0 bridgehead atoms. The first-order valence-corrected chi connectivity index (χ1v) is 9.38. The van der Waals surface area contributed by atoms with Gasteiger partial charge in [-0.1, -0.05) is 0 Å². The number of benzene rings is 1. The van der Waals surface area contributed by atoms with E-state index in [1.807, 2.05) is 0 Å². The van der Waals surface area contributed by atoms with E-state index in [2.05, 4.69) is 0 Å². The van der Waals surface area contributed by atoms with Gasteiger partial charge in [-0.15, -0.1) is 11.8 Å². The van der Waals surface area contributed by atoms with Gasteiger partial charge in [0.15, 0.2) is 0 Å². The fraction of sp³-hybridized carbons (Fsp3) is 0.588. The molecule has 0 aliphatic carbocycles. The minimum atomic E-state index is -4.64. The molecule has 0 saturated carbocycles. The van der Waals surface area contributed by atoms with Crippen molar-refractivity contribution in [1.29, 1.82) is 0 Å². The number of nitrogens with zero attached hydrogens (tertiary/aromatic N) is 2. The average molecular weight is 432 g/mol. The monoisotopic (exact) mass is 432 g/mol. The van der Waals surface area contributed by atoms with Crippen LogP contribution in [0.3, 0.4) is 0 Å². The molecule has 1 amide bonds. The highest BCUT2D eigenvalue weighted by molar-refractivity contribution is 7.99. The smallest absolute Gasteiger partial charge is 0.366 e. The molecule has 158 valence electrons. The topological polar surface area (TPSA) is 23.6 Å². The molecule has 1 atom stereocenters. The third kappa shape index (κ3) is 5.68. The molecule has 28 heavy (non-hydrogen) atoms. The van der Waals surface area contributed by atoms with Crippen molar-refractivity contribution in [2.75, 3.05) is 36.8 Å². The van der Waals surface area contributed by atoms with Crippen molar-refractivity contribution in [3.05, 3.63) is 23.5 Å². The normalized spacial score (nSPS) is 17.0. The Morgan fingerprint density at radius 2 is 1.68 bits per heavy atom. The van der Waals surface area contributed by atoms with Gasteiger partial charge in [-0.2, -0.15) is 26.3 Å². The van der Waals surface area contributed by atoms with Gasteiger partial charge in [0, 0.05) is 31.1 Å². The van der Waals surface area contributed by atoms with Gasteiger partial charge >= 0.3 is 12.4 Å². The van der Waals surface area contributed by atoms with E-state index in [-0.39, 0.29) is 36.8 Å². The molecular formula is C17H19F7N2OS. The van der Waals surface area contributed by atoms with Gasteiger partial charge in [-0.3, -0.25) is 4.79 Å². The van der Waals surface area contributed by atoms with Gasteiger partial charge in [0.2, 0.25) is 5.91 Å². The zero-order valence-electron chi connectivity index (χ0n) is 15.1. The van der Waals surface area contributed by atoms with Gasteiger partial charge in [0.25, 0.3) is 0 Å². The summed E-state index contributed by atoms with van der Waals surface area (Å²) in [7, 11) is 0. The summed E-state index contributed by atoms with van der Waals surface area (Å²) >= 11 is 0.545. The van der Waals surface area contributed by atoms with E-state index in [1.165, 1.54) is 17.9 Å². The van der Waals surface area contributed by atoms with Crippen LogP contribution in [-0.2, 0) is 4.79 Å². The number of aryl methyl sites for hydroxylation is 1. The molecule has 1 aliphatic rings. The van der Waals surface area contributed by atoms with Crippen molar-refractivity contribution in [3.63, 3.8) is 0 Å². The second-order valence-electron chi connectivity index (χ2n) is 6.55. The maximum absolute atomic E-state index is 14.3. The molecule has 1 aromatic rings. The highest BCUT2D eigenvalue weighted by Crippen LogP contribution is 2.34. The number of carbonyl (C=O) groups excluding carboxylic acids is 1. The lowest BCUT2D eigenvalue weighted by atomic mass is 10.1. The summed E-state index contributed by atoms with van der Waals surface area (Å²) in [4.78, 5) is 14.8. The molecule has 1 unspecified atom stereocenters. The lowest BCUT2D eigenvalue weighted by Crippen LogP contribution is -2.52. The molecule has 1 aromatic carbocycles. The Bertz CT molecular complexity index is 713. The predicted octanol–water partition coefficient (Wildman–Crippen LogP) is 4.64. The Kier molecular flexibility index (Phi) is 6.78. The molecule has 1 saturated heterocycles. The Morgan fingerprint density at radius 3 is 2.18 bits per heavy atom. The molecular weight excluding hydrogens is 413 g/mol. The Labute approximate surface area is 161 Å². The van der Waals surface area contributed by atoms with Gasteiger partial charge in [-0.05, 0) is 31.5 Å². The first kappa shape index (κ1) is 22.6. The quantitative estimate of drug-likeness (QED) is 0.512. The van der Waals surface area contributed by atoms with Crippen molar-refractivity contribution in [2.24, 2.45) is 5.92 Å².